The van der Waals surface area contributed by atoms with Gasteiger partial charge in [-0.1, -0.05) is 36.7 Å². The topological polar surface area (TPSA) is 83.6 Å². The van der Waals surface area contributed by atoms with Crippen molar-refractivity contribution in [2.75, 3.05) is 25.2 Å². The number of carbonyl (C=O) groups excluding carboxylic acids is 2. The van der Waals surface area contributed by atoms with Crippen LogP contribution >= 0.6 is 11.6 Å². The van der Waals surface area contributed by atoms with Crippen LogP contribution in [0.5, 0.6) is 0 Å². The van der Waals surface area contributed by atoms with Crippen molar-refractivity contribution in [1.29, 1.82) is 0 Å². The molecule has 8 heteroatoms. The monoisotopic (exact) mass is 408 g/mol. The number of amides is 2. The minimum atomic E-state index is -3.48. The van der Waals surface area contributed by atoms with E-state index in [1.54, 1.807) is 6.07 Å². The number of anilines is 1. The van der Waals surface area contributed by atoms with Gasteiger partial charge >= 0.3 is 0 Å². The zero-order valence-electron chi connectivity index (χ0n) is 15.3. The first-order valence-corrected chi connectivity index (χ1v) is 10.5. The van der Waals surface area contributed by atoms with Gasteiger partial charge in [0.2, 0.25) is 5.91 Å². The molecule has 0 aliphatic heterocycles. The van der Waals surface area contributed by atoms with Gasteiger partial charge in [0.1, 0.15) is 0 Å². The van der Waals surface area contributed by atoms with Crippen LogP contribution in [0.2, 0.25) is 5.02 Å². The van der Waals surface area contributed by atoms with E-state index in [9.17, 15) is 18.0 Å². The molecular formula is C19H21ClN2O4S. The van der Waals surface area contributed by atoms with Crippen LogP contribution in [-0.2, 0) is 21.1 Å². The van der Waals surface area contributed by atoms with Crippen LogP contribution in [0.25, 0.3) is 0 Å². The number of hydrogen-bond acceptors (Lipinski definition) is 4. The van der Waals surface area contributed by atoms with Crippen molar-refractivity contribution in [1.82, 2.24) is 4.90 Å². The number of rotatable bonds is 6. The highest BCUT2D eigenvalue weighted by Crippen LogP contribution is 2.22. The van der Waals surface area contributed by atoms with E-state index in [1.165, 1.54) is 30.1 Å². The molecule has 0 saturated carbocycles. The zero-order valence-corrected chi connectivity index (χ0v) is 16.9. The summed E-state index contributed by atoms with van der Waals surface area (Å²) in [4.78, 5) is 26.1. The Morgan fingerprint density at radius 2 is 1.81 bits per heavy atom. The molecule has 27 heavy (non-hydrogen) atoms. The van der Waals surface area contributed by atoms with Gasteiger partial charge in [0.05, 0.1) is 22.0 Å². The highest BCUT2D eigenvalue weighted by molar-refractivity contribution is 7.90. The van der Waals surface area contributed by atoms with Crippen molar-refractivity contribution < 1.29 is 18.0 Å². The maximum absolute atomic E-state index is 12.6. The van der Waals surface area contributed by atoms with Gasteiger partial charge in [-0.25, -0.2) is 8.42 Å². The Morgan fingerprint density at radius 1 is 1.15 bits per heavy atom. The van der Waals surface area contributed by atoms with Gasteiger partial charge in [-0.05, 0) is 36.2 Å². The molecule has 0 atom stereocenters. The third-order valence-corrected chi connectivity index (χ3v) is 5.44. The van der Waals surface area contributed by atoms with Crippen molar-refractivity contribution in [3.05, 3.63) is 58.6 Å². The molecule has 2 aromatic carbocycles. The molecule has 0 bridgehead atoms. The number of carbonyl (C=O) groups is 2. The summed E-state index contributed by atoms with van der Waals surface area (Å²) in [6.45, 7) is 1.79. The fraction of sp³-hybridized carbons (Fsp3) is 0.263. The summed E-state index contributed by atoms with van der Waals surface area (Å²) in [6.07, 6.45) is 1.81. The highest BCUT2D eigenvalue weighted by Gasteiger charge is 2.20. The molecule has 0 saturated heterocycles. The SMILES string of the molecule is CCc1ccccc1NC(=O)CN(C)C(=O)c1cc(S(C)(=O)=O)ccc1Cl. The van der Waals surface area contributed by atoms with Crippen LogP contribution < -0.4 is 5.32 Å². The van der Waals surface area contributed by atoms with Gasteiger partial charge in [0.15, 0.2) is 9.84 Å². The van der Waals surface area contributed by atoms with Gasteiger partial charge in [-0.15, -0.1) is 0 Å². The predicted octanol–water partition coefficient (Wildman–Crippen LogP) is 3.02. The molecule has 0 aromatic heterocycles. The lowest BCUT2D eigenvalue weighted by atomic mass is 10.1. The molecule has 0 aliphatic carbocycles. The first-order valence-electron chi connectivity index (χ1n) is 8.26. The van der Waals surface area contributed by atoms with Crippen LogP contribution in [0.1, 0.15) is 22.8 Å². The second kappa shape index (κ2) is 8.54. The largest absolute Gasteiger partial charge is 0.332 e. The Kier molecular flexibility index (Phi) is 6.62. The minimum Gasteiger partial charge on any atom is -0.332 e. The smallest absolute Gasteiger partial charge is 0.255 e. The number of likely N-dealkylation sites (N-methyl/N-ethyl adjacent to an activating group) is 1. The fourth-order valence-corrected chi connectivity index (χ4v) is 3.38. The quantitative estimate of drug-likeness (QED) is 0.796. The van der Waals surface area contributed by atoms with Crippen LogP contribution in [0.3, 0.4) is 0 Å². The molecule has 0 fully saturated rings. The molecule has 0 aliphatic rings. The predicted molar refractivity (Wildman–Crippen MR) is 106 cm³/mol. The van der Waals surface area contributed by atoms with Gasteiger partial charge in [0.25, 0.3) is 5.91 Å². The molecule has 0 unspecified atom stereocenters. The van der Waals surface area contributed by atoms with Crippen molar-refractivity contribution in [2.45, 2.75) is 18.2 Å². The van der Waals surface area contributed by atoms with E-state index >= 15 is 0 Å². The van der Waals surface area contributed by atoms with Gasteiger partial charge in [-0.2, -0.15) is 0 Å². The van der Waals surface area contributed by atoms with E-state index in [0.29, 0.717) is 5.69 Å². The Bertz CT molecular complexity index is 973. The van der Waals surface area contributed by atoms with Crippen molar-refractivity contribution in [3.63, 3.8) is 0 Å². The maximum atomic E-state index is 12.6. The number of aryl methyl sites for hydroxylation is 1. The standard InChI is InChI=1S/C19H21ClN2O4S/c1-4-13-7-5-6-8-17(13)21-18(23)12-22(2)19(24)15-11-14(27(3,25)26)9-10-16(15)20/h5-11H,4,12H2,1-3H3,(H,21,23). The summed E-state index contributed by atoms with van der Waals surface area (Å²) in [5.74, 6) is -0.897. The summed E-state index contributed by atoms with van der Waals surface area (Å²) in [6, 6.07) is 11.3. The van der Waals surface area contributed by atoms with E-state index in [-0.39, 0.29) is 27.9 Å². The lowest BCUT2D eigenvalue weighted by Gasteiger charge is -2.18. The lowest BCUT2D eigenvalue weighted by Crippen LogP contribution is -2.35. The first kappa shape index (κ1) is 20.9. The molecule has 0 radical (unpaired) electrons. The summed E-state index contributed by atoms with van der Waals surface area (Å²) >= 11 is 6.05. The van der Waals surface area contributed by atoms with Crippen LogP contribution in [0.4, 0.5) is 5.69 Å². The van der Waals surface area contributed by atoms with E-state index in [4.69, 9.17) is 11.6 Å². The van der Waals surface area contributed by atoms with Gasteiger partial charge in [0, 0.05) is 19.0 Å². The zero-order chi connectivity index (χ0) is 20.2. The minimum absolute atomic E-state index is 0.00928. The third kappa shape index (κ3) is 5.30. The number of nitrogens with zero attached hydrogens (tertiary/aromatic N) is 1. The summed E-state index contributed by atoms with van der Waals surface area (Å²) in [7, 11) is -2.03. The molecule has 2 aromatic rings. The van der Waals surface area contributed by atoms with Crippen molar-refractivity contribution >= 4 is 38.9 Å². The van der Waals surface area contributed by atoms with E-state index in [2.05, 4.69) is 5.32 Å². The lowest BCUT2D eigenvalue weighted by molar-refractivity contribution is -0.116. The number of hydrogen-bond donors (Lipinski definition) is 1. The van der Waals surface area contributed by atoms with Gasteiger partial charge in [-0.3, -0.25) is 9.59 Å². The van der Waals surface area contributed by atoms with E-state index in [1.807, 2.05) is 25.1 Å². The van der Waals surface area contributed by atoms with Crippen LogP contribution in [0, 0.1) is 0 Å². The average Bonchev–Trinajstić information content (AvgIpc) is 2.60. The Hall–Kier alpha value is -2.38. The van der Waals surface area contributed by atoms with Crippen LogP contribution in [-0.4, -0.2) is 45.0 Å². The van der Waals surface area contributed by atoms with Crippen molar-refractivity contribution in [2.24, 2.45) is 0 Å². The molecule has 6 nitrogen and oxygen atoms in total. The normalized spacial score (nSPS) is 11.1. The molecular weight excluding hydrogens is 388 g/mol. The first-order chi connectivity index (χ1) is 12.6. The number of para-hydroxylation sites is 1. The van der Waals surface area contributed by atoms with E-state index < -0.39 is 15.7 Å². The summed E-state index contributed by atoms with van der Waals surface area (Å²) < 4.78 is 23.4. The van der Waals surface area contributed by atoms with Gasteiger partial charge < -0.3 is 10.2 Å². The summed E-state index contributed by atoms with van der Waals surface area (Å²) in [5, 5.41) is 2.91. The third-order valence-electron chi connectivity index (χ3n) is 4.00. The molecule has 1 N–H and O–H groups in total. The molecule has 2 amide bonds. The molecule has 144 valence electrons. The van der Waals surface area contributed by atoms with Crippen LogP contribution in [0.15, 0.2) is 47.4 Å². The molecule has 0 heterocycles. The number of benzene rings is 2. The maximum Gasteiger partial charge on any atom is 0.255 e. The Labute approximate surface area is 164 Å². The summed E-state index contributed by atoms with van der Waals surface area (Å²) in [5.41, 5.74) is 1.72. The highest BCUT2D eigenvalue weighted by atomic mass is 35.5. The second-order valence-electron chi connectivity index (χ2n) is 6.13. The number of nitrogens with one attached hydrogen (secondary N) is 1. The van der Waals surface area contributed by atoms with E-state index in [0.717, 1.165) is 18.2 Å². The Balaban J connectivity index is 2.15. The number of halogens is 1. The average molecular weight is 409 g/mol. The second-order valence-corrected chi connectivity index (χ2v) is 8.56. The van der Waals surface area contributed by atoms with Crippen molar-refractivity contribution in [3.8, 4) is 0 Å². The number of sulfone groups is 1. The fourth-order valence-electron chi connectivity index (χ4n) is 2.53. The molecule has 0 spiro atoms. The Morgan fingerprint density at radius 3 is 2.44 bits per heavy atom. The molecule has 2 rings (SSSR count).